The zero-order chi connectivity index (χ0) is 15.4. The lowest BCUT2D eigenvalue weighted by atomic mass is 10.2. The largest absolute Gasteiger partial charge is 0.419 e. The fourth-order valence-corrected chi connectivity index (χ4v) is 2.06. The van der Waals surface area contributed by atoms with E-state index in [0.29, 0.717) is 22.4 Å². The molecule has 0 unspecified atom stereocenters. The summed E-state index contributed by atoms with van der Waals surface area (Å²) in [6.07, 6.45) is 1.27. The number of carbonyl (C=O) groups excluding carboxylic acids is 1. The monoisotopic (exact) mass is 305 g/mol. The van der Waals surface area contributed by atoms with Crippen molar-refractivity contribution in [3.05, 3.63) is 47.8 Å². The quantitative estimate of drug-likeness (QED) is 0.795. The number of halogens is 1. The minimum atomic E-state index is -0.178. The Morgan fingerprint density at radius 1 is 1.43 bits per heavy atom. The highest BCUT2D eigenvalue weighted by molar-refractivity contribution is 6.33. The van der Waals surface area contributed by atoms with Gasteiger partial charge in [-0.1, -0.05) is 30.3 Å². The Labute approximate surface area is 128 Å². The molecular weight excluding hydrogens is 290 g/mol. The zero-order valence-electron chi connectivity index (χ0n) is 11.9. The van der Waals surface area contributed by atoms with Crippen molar-refractivity contribution >= 4 is 17.5 Å². The maximum absolute atomic E-state index is 11.8. The smallest absolute Gasteiger partial charge is 0.249 e. The average Bonchev–Trinajstić information content (AvgIpc) is 2.92. The molecule has 0 N–H and O–H groups in total. The van der Waals surface area contributed by atoms with Crippen molar-refractivity contribution in [2.75, 3.05) is 0 Å². The van der Waals surface area contributed by atoms with Gasteiger partial charge in [0.15, 0.2) is 0 Å². The molecule has 5 nitrogen and oxygen atoms in total. The summed E-state index contributed by atoms with van der Waals surface area (Å²) >= 11 is 6.09. The summed E-state index contributed by atoms with van der Waals surface area (Å²) in [6, 6.07) is 7.22. The van der Waals surface area contributed by atoms with Gasteiger partial charge < -0.3 is 9.32 Å². The second-order valence-corrected chi connectivity index (χ2v) is 5.15. The van der Waals surface area contributed by atoms with E-state index in [1.165, 1.54) is 6.08 Å². The van der Waals surface area contributed by atoms with Gasteiger partial charge in [0, 0.05) is 6.04 Å². The fraction of sp³-hybridized carbons (Fsp3) is 0.267. The van der Waals surface area contributed by atoms with Crippen LogP contribution in [0.1, 0.15) is 19.7 Å². The van der Waals surface area contributed by atoms with E-state index in [1.807, 2.05) is 26.0 Å². The van der Waals surface area contributed by atoms with Gasteiger partial charge in [0.25, 0.3) is 0 Å². The molecule has 0 aliphatic carbocycles. The Bertz CT molecular complexity index is 652. The Kier molecular flexibility index (Phi) is 4.75. The SMILES string of the molecule is C=CC(=O)N(Cc1nnc(-c2ccccc2Cl)o1)C(C)C. The van der Waals surface area contributed by atoms with Crippen LogP contribution in [0.25, 0.3) is 11.5 Å². The molecule has 0 saturated heterocycles. The standard InChI is InChI=1S/C15H16ClN3O2/c1-4-14(20)19(10(2)3)9-13-17-18-15(21-13)11-7-5-6-8-12(11)16/h4-8,10H,1,9H2,2-3H3. The molecule has 0 radical (unpaired) electrons. The van der Waals surface area contributed by atoms with Crippen LogP contribution in [0.2, 0.25) is 5.02 Å². The molecule has 21 heavy (non-hydrogen) atoms. The molecule has 0 spiro atoms. The molecule has 0 bridgehead atoms. The van der Waals surface area contributed by atoms with E-state index in [-0.39, 0.29) is 18.5 Å². The molecule has 2 aromatic rings. The highest BCUT2D eigenvalue weighted by atomic mass is 35.5. The molecule has 2 rings (SSSR count). The summed E-state index contributed by atoms with van der Waals surface area (Å²) in [7, 11) is 0. The molecule has 0 aliphatic heterocycles. The first-order chi connectivity index (χ1) is 10.0. The van der Waals surface area contributed by atoms with Crippen molar-refractivity contribution in [3.63, 3.8) is 0 Å². The number of amides is 1. The van der Waals surface area contributed by atoms with E-state index in [1.54, 1.807) is 17.0 Å². The summed E-state index contributed by atoms with van der Waals surface area (Å²) in [5, 5.41) is 8.49. The van der Waals surface area contributed by atoms with Crippen molar-refractivity contribution in [2.24, 2.45) is 0 Å². The van der Waals surface area contributed by atoms with E-state index in [2.05, 4.69) is 16.8 Å². The molecule has 0 saturated carbocycles. The molecule has 110 valence electrons. The molecule has 0 aliphatic rings. The lowest BCUT2D eigenvalue weighted by Crippen LogP contribution is -2.35. The van der Waals surface area contributed by atoms with Crippen LogP contribution in [0.5, 0.6) is 0 Å². The molecule has 1 heterocycles. The summed E-state index contributed by atoms with van der Waals surface area (Å²) in [4.78, 5) is 13.4. The minimum Gasteiger partial charge on any atom is -0.419 e. The number of hydrogen-bond acceptors (Lipinski definition) is 4. The van der Waals surface area contributed by atoms with Crippen molar-refractivity contribution in [1.82, 2.24) is 15.1 Å². The second kappa shape index (κ2) is 6.54. The third kappa shape index (κ3) is 3.49. The fourth-order valence-electron chi connectivity index (χ4n) is 1.84. The van der Waals surface area contributed by atoms with Crippen LogP contribution in [0.15, 0.2) is 41.3 Å². The molecule has 0 atom stereocenters. The normalized spacial score (nSPS) is 10.7. The van der Waals surface area contributed by atoms with Crippen LogP contribution in [-0.4, -0.2) is 27.0 Å². The highest BCUT2D eigenvalue weighted by Crippen LogP contribution is 2.26. The third-order valence-corrected chi connectivity index (χ3v) is 3.29. The Morgan fingerprint density at radius 2 is 2.14 bits per heavy atom. The van der Waals surface area contributed by atoms with Crippen molar-refractivity contribution in [1.29, 1.82) is 0 Å². The van der Waals surface area contributed by atoms with E-state index in [0.717, 1.165) is 0 Å². The molecule has 0 fully saturated rings. The van der Waals surface area contributed by atoms with Crippen LogP contribution in [0.3, 0.4) is 0 Å². The van der Waals surface area contributed by atoms with Crippen LogP contribution in [0.4, 0.5) is 0 Å². The minimum absolute atomic E-state index is 0.00571. The Balaban J connectivity index is 2.22. The van der Waals surface area contributed by atoms with Crippen LogP contribution >= 0.6 is 11.6 Å². The van der Waals surface area contributed by atoms with E-state index in [9.17, 15) is 4.79 Å². The maximum Gasteiger partial charge on any atom is 0.249 e. The zero-order valence-corrected chi connectivity index (χ0v) is 12.7. The van der Waals surface area contributed by atoms with Crippen molar-refractivity contribution < 1.29 is 9.21 Å². The molecular formula is C15H16ClN3O2. The molecule has 1 aromatic carbocycles. The highest BCUT2D eigenvalue weighted by Gasteiger charge is 2.19. The molecule has 1 aromatic heterocycles. The van der Waals surface area contributed by atoms with E-state index in [4.69, 9.17) is 16.0 Å². The number of rotatable bonds is 5. The van der Waals surface area contributed by atoms with E-state index < -0.39 is 0 Å². The summed E-state index contributed by atoms with van der Waals surface area (Å²) in [5.41, 5.74) is 0.670. The van der Waals surface area contributed by atoms with Crippen molar-refractivity contribution in [3.8, 4) is 11.5 Å². The number of nitrogens with zero attached hydrogens (tertiary/aromatic N) is 3. The summed E-state index contributed by atoms with van der Waals surface area (Å²) in [5.74, 6) is 0.515. The van der Waals surface area contributed by atoms with Crippen molar-refractivity contribution in [2.45, 2.75) is 26.4 Å². The van der Waals surface area contributed by atoms with Gasteiger partial charge in [0.05, 0.1) is 17.1 Å². The van der Waals surface area contributed by atoms with Crippen LogP contribution in [-0.2, 0) is 11.3 Å². The Morgan fingerprint density at radius 3 is 2.76 bits per heavy atom. The van der Waals surface area contributed by atoms with Gasteiger partial charge in [-0.25, -0.2) is 0 Å². The number of benzene rings is 1. The number of hydrogen-bond donors (Lipinski definition) is 0. The third-order valence-electron chi connectivity index (χ3n) is 2.96. The first-order valence-corrected chi connectivity index (χ1v) is 6.91. The molecule has 1 amide bonds. The lowest BCUT2D eigenvalue weighted by Gasteiger charge is -2.23. The number of carbonyl (C=O) groups is 1. The van der Waals surface area contributed by atoms with Gasteiger partial charge in [-0.2, -0.15) is 0 Å². The number of aromatic nitrogens is 2. The van der Waals surface area contributed by atoms with Gasteiger partial charge in [-0.05, 0) is 32.1 Å². The lowest BCUT2D eigenvalue weighted by molar-refractivity contribution is -0.128. The van der Waals surface area contributed by atoms with E-state index >= 15 is 0 Å². The van der Waals surface area contributed by atoms with Gasteiger partial charge in [-0.15, -0.1) is 10.2 Å². The summed E-state index contributed by atoms with van der Waals surface area (Å²) < 4.78 is 5.59. The van der Waals surface area contributed by atoms with Gasteiger partial charge in [0.2, 0.25) is 17.7 Å². The topological polar surface area (TPSA) is 59.2 Å². The predicted octanol–water partition coefficient (Wildman–Crippen LogP) is 3.31. The first-order valence-electron chi connectivity index (χ1n) is 6.53. The van der Waals surface area contributed by atoms with Gasteiger partial charge in [0.1, 0.15) is 0 Å². The summed E-state index contributed by atoms with van der Waals surface area (Å²) in [6.45, 7) is 7.55. The van der Waals surface area contributed by atoms with Gasteiger partial charge >= 0.3 is 0 Å². The first kappa shape index (κ1) is 15.3. The van der Waals surface area contributed by atoms with Crippen LogP contribution < -0.4 is 0 Å². The average molecular weight is 306 g/mol. The molecule has 6 heteroatoms. The van der Waals surface area contributed by atoms with Crippen LogP contribution in [0, 0.1) is 0 Å². The Hall–Kier alpha value is -2.14. The second-order valence-electron chi connectivity index (χ2n) is 4.74. The van der Waals surface area contributed by atoms with Gasteiger partial charge in [-0.3, -0.25) is 4.79 Å². The predicted molar refractivity (Wildman–Crippen MR) is 80.6 cm³/mol. The maximum atomic E-state index is 11.8.